The van der Waals surface area contributed by atoms with E-state index in [0.717, 1.165) is 38.3 Å². The molecule has 0 unspecified atom stereocenters. The van der Waals surface area contributed by atoms with Gasteiger partial charge in [0.1, 0.15) is 11.2 Å². The molecular formula is C22H23NO3. The molecule has 3 aromatic carbocycles. The first kappa shape index (κ1) is 17.0. The summed E-state index contributed by atoms with van der Waals surface area (Å²) in [7, 11) is 0. The van der Waals surface area contributed by atoms with E-state index in [1.165, 1.54) is 0 Å². The molecule has 134 valence electrons. The molecule has 0 amide bonds. The van der Waals surface area contributed by atoms with Crippen molar-refractivity contribution in [2.45, 2.75) is 32.0 Å². The van der Waals surface area contributed by atoms with Crippen molar-refractivity contribution in [3.8, 4) is 0 Å². The molecule has 4 aromatic rings. The lowest BCUT2D eigenvalue weighted by Crippen LogP contribution is -2.53. The van der Waals surface area contributed by atoms with Crippen LogP contribution in [0.1, 0.15) is 19.4 Å². The molecule has 1 aromatic heterocycles. The van der Waals surface area contributed by atoms with Crippen LogP contribution in [0.5, 0.6) is 0 Å². The minimum Gasteiger partial charge on any atom is -0.456 e. The van der Waals surface area contributed by atoms with Crippen molar-refractivity contribution in [2.75, 3.05) is 6.61 Å². The van der Waals surface area contributed by atoms with Gasteiger partial charge in [0.05, 0.1) is 18.2 Å². The maximum atomic E-state index is 10.0. The van der Waals surface area contributed by atoms with Gasteiger partial charge < -0.3 is 19.9 Å². The summed E-state index contributed by atoms with van der Waals surface area (Å²) >= 11 is 0. The fourth-order valence-corrected chi connectivity index (χ4v) is 3.41. The summed E-state index contributed by atoms with van der Waals surface area (Å²) in [5, 5.41) is 27.5. The van der Waals surface area contributed by atoms with Gasteiger partial charge in [-0.1, -0.05) is 42.5 Å². The van der Waals surface area contributed by atoms with Crippen LogP contribution in [0.15, 0.2) is 59.0 Å². The van der Waals surface area contributed by atoms with Gasteiger partial charge in [0.25, 0.3) is 0 Å². The van der Waals surface area contributed by atoms with Crippen molar-refractivity contribution in [1.29, 1.82) is 0 Å². The summed E-state index contributed by atoms with van der Waals surface area (Å²) in [5.41, 5.74) is 1.97. The number of fused-ring (bicyclic) bond motifs is 4. The summed E-state index contributed by atoms with van der Waals surface area (Å²) in [5.74, 6) is 0. The van der Waals surface area contributed by atoms with E-state index in [1.54, 1.807) is 6.92 Å². The Morgan fingerprint density at radius 2 is 1.73 bits per heavy atom. The van der Waals surface area contributed by atoms with E-state index in [2.05, 4.69) is 29.6 Å². The first-order valence-electron chi connectivity index (χ1n) is 8.89. The normalized spacial score (nSPS) is 15.5. The van der Waals surface area contributed by atoms with Gasteiger partial charge in [-0.3, -0.25) is 0 Å². The third-order valence-corrected chi connectivity index (χ3v) is 5.41. The van der Waals surface area contributed by atoms with Gasteiger partial charge in [0, 0.05) is 22.9 Å². The molecule has 0 saturated carbocycles. The quantitative estimate of drug-likeness (QED) is 0.510. The Morgan fingerprint density at radius 1 is 1.04 bits per heavy atom. The van der Waals surface area contributed by atoms with Crippen molar-refractivity contribution >= 4 is 32.7 Å². The number of hydrogen-bond donors (Lipinski definition) is 3. The molecule has 4 rings (SSSR count). The summed E-state index contributed by atoms with van der Waals surface area (Å²) < 4.78 is 6.19. The van der Waals surface area contributed by atoms with E-state index in [4.69, 9.17) is 4.42 Å². The van der Waals surface area contributed by atoms with Crippen LogP contribution in [0.3, 0.4) is 0 Å². The van der Waals surface area contributed by atoms with E-state index in [0.29, 0.717) is 6.54 Å². The summed E-state index contributed by atoms with van der Waals surface area (Å²) in [6.45, 7) is 3.83. The number of furan rings is 1. The molecule has 1 heterocycles. The fraction of sp³-hybridized carbons (Fsp3) is 0.273. The second-order valence-corrected chi connectivity index (χ2v) is 7.16. The topological polar surface area (TPSA) is 65.6 Å². The molecule has 0 aliphatic carbocycles. The van der Waals surface area contributed by atoms with Crippen LogP contribution >= 0.6 is 0 Å². The summed E-state index contributed by atoms with van der Waals surface area (Å²) in [6.07, 6.45) is -0.686. The van der Waals surface area contributed by atoms with Crippen LogP contribution < -0.4 is 5.32 Å². The van der Waals surface area contributed by atoms with Crippen LogP contribution in [0.4, 0.5) is 0 Å². The molecule has 0 fully saturated rings. The third kappa shape index (κ3) is 2.67. The van der Waals surface area contributed by atoms with Gasteiger partial charge in [-0.25, -0.2) is 0 Å². The van der Waals surface area contributed by atoms with E-state index in [9.17, 15) is 10.2 Å². The molecule has 4 heteroatoms. The average Bonchev–Trinajstić information content (AvgIpc) is 3.03. The Hall–Kier alpha value is -2.40. The Morgan fingerprint density at radius 3 is 2.46 bits per heavy atom. The Bertz CT molecular complexity index is 1080. The zero-order valence-corrected chi connectivity index (χ0v) is 15.0. The predicted molar refractivity (Wildman–Crippen MR) is 105 cm³/mol. The molecule has 4 nitrogen and oxygen atoms in total. The van der Waals surface area contributed by atoms with E-state index in [-0.39, 0.29) is 6.61 Å². The first-order valence-corrected chi connectivity index (χ1v) is 8.89. The average molecular weight is 349 g/mol. The van der Waals surface area contributed by atoms with Crippen molar-refractivity contribution in [3.05, 3.63) is 60.2 Å². The molecule has 0 spiro atoms. The van der Waals surface area contributed by atoms with E-state index >= 15 is 0 Å². The molecule has 2 atom stereocenters. The molecule has 0 aliphatic rings. The molecule has 0 bridgehead atoms. The second kappa shape index (κ2) is 6.40. The van der Waals surface area contributed by atoms with Gasteiger partial charge in [-0.05, 0) is 36.8 Å². The largest absolute Gasteiger partial charge is 0.456 e. The highest BCUT2D eigenvalue weighted by molar-refractivity contribution is 6.12. The van der Waals surface area contributed by atoms with E-state index in [1.807, 2.05) is 37.3 Å². The number of aliphatic hydroxyl groups is 2. The van der Waals surface area contributed by atoms with Gasteiger partial charge in [-0.2, -0.15) is 0 Å². The van der Waals surface area contributed by atoms with Gasteiger partial charge in [0.15, 0.2) is 0 Å². The molecule has 0 radical (unpaired) electrons. The molecule has 0 aliphatic heterocycles. The van der Waals surface area contributed by atoms with Gasteiger partial charge in [-0.15, -0.1) is 0 Å². The van der Waals surface area contributed by atoms with Crippen molar-refractivity contribution < 1.29 is 14.6 Å². The highest BCUT2D eigenvalue weighted by Crippen LogP contribution is 2.35. The first-order chi connectivity index (χ1) is 12.5. The number of benzene rings is 3. The summed E-state index contributed by atoms with van der Waals surface area (Å²) in [6, 6.07) is 18.4. The zero-order chi connectivity index (χ0) is 18.3. The monoisotopic (exact) mass is 349 g/mol. The molecular weight excluding hydrogens is 326 g/mol. The number of aliphatic hydroxyl groups excluding tert-OH is 2. The Kier molecular flexibility index (Phi) is 4.19. The number of hydrogen-bond acceptors (Lipinski definition) is 4. The van der Waals surface area contributed by atoms with Crippen molar-refractivity contribution in [3.63, 3.8) is 0 Å². The number of para-hydroxylation sites is 1. The Labute approximate surface area is 152 Å². The highest BCUT2D eigenvalue weighted by Gasteiger charge is 2.29. The maximum absolute atomic E-state index is 10.0. The second-order valence-electron chi connectivity index (χ2n) is 7.16. The minimum absolute atomic E-state index is 0.154. The van der Waals surface area contributed by atoms with Crippen molar-refractivity contribution in [2.24, 2.45) is 0 Å². The smallest absolute Gasteiger partial charge is 0.140 e. The standard InChI is InChI=1S/C22H23NO3/c1-14(25)22(2,13-24)23-12-19-16-8-4-3-7-15(16)11-18-17-9-5-6-10-20(17)26-21(18)19/h3-11,14,23-25H,12-13H2,1-2H3/t14-,22+/m0/s1. The lowest BCUT2D eigenvalue weighted by molar-refractivity contribution is 0.0405. The third-order valence-electron chi connectivity index (χ3n) is 5.41. The van der Waals surface area contributed by atoms with Crippen LogP contribution in [0, 0.1) is 0 Å². The number of nitrogens with one attached hydrogen (secondary N) is 1. The zero-order valence-electron chi connectivity index (χ0n) is 15.0. The van der Waals surface area contributed by atoms with Gasteiger partial charge in [0.2, 0.25) is 0 Å². The van der Waals surface area contributed by atoms with Crippen molar-refractivity contribution in [1.82, 2.24) is 5.32 Å². The fourth-order valence-electron chi connectivity index (χ4n) is 3.41. The lowest BCUT2D eigenvalue weighted by Gasteiger charge is -2.32. The molecule has 0 saturated heterocycles. The summed E-state index contributed by atoms with van der Waals surface area (Å²) in [4.78, 5) is 0. The molecule has 3 N–H and O–H groups in total. The Balaban J connectivity index is 1.93. The van der Waals surface area contributed by atoms with Gasteiger partial charge >= 0.3 is 0 Å². The van der Waals surface area contributed by atoms with Crippen LogP contribution in [0.2, 0.25) is 0 Å². The van der Waals surface area contributed by atoms with Crippen LogP contribution in [0.25, 0.3) is 32.7 Å². The van der Waals surface area contributed by atoms with E-state index < -0.39 is 11.6 Å². The SMILES string of the molecule is C[C@H](O)[C@@](C)(CO)NCc1c2ccccc2cc2c1oc1ccccc12. The van der Waals surface area contributed by atoms with Crippen LogP contribution in [-0.4, -0.2) is 28.5 Å². The number of rotatable bonds is 5. The lowest BCUT2D eigenvalue weighted by atomic mass is 9.95. The minimum atomic E-state index is -0.782. The predicted octanol–water partition coefficient (Wildman–Crippen LogP) is 3.96. The maximum Gasteiger partial charge on any atom is 0.140 e. The highest BCUT2D eigenvalue weighted by atomic mass is 16.3. The van der Waals surface area contributed by atoms with Crippen LogP contribution in [-0.2, 0) is 6.54 Å². The molecule has 26 heavy (non-hydrogen) atoms.